The van der Waals surface area contributed by atoms with Crippen molar-refractivity contribution < 1.29 is 0 Å². The van der Waals surface area contributed by atoms with Crippen LogP contribution in [-0.2, 0) is 0 Å². The lowest BCUT2D eigenvalue weighted by atomic mass is 10.1. The molecule has 3 heterocycles. The van der Waals surface area contributed by atoms with Gasteiger partial charge in [-0.3, -0.25) is 9.88 Å². The molecule has 0 saturated carbocycles. The number of anilines is 1. The minimum atomic E-state index is 0.380. The second kappa shape index (κ2) is 6.05. The zero-order chi connectivity index (χ0) is 15.6. The zero-order valence-electron chi connectivity index (χ0n) is 13.4. The summed E-state index contributed by atoms with van der Waals surface area (Å²) in [6.45, 7) is 6.52. The summed E-state index contributed by atoms with van der Waals surface area (Å²) in [5.74, 6) is 0. The van der Waals surface area contributed by atoms with Crippen molar-refractivity contribution in [1.82, 2.24) is 14.9 Å². The minimum Gasteiger partial charge on any atom is -0.369 e. The Morgan fingerprint density at radius 2 is 1.91 bits per heavy atom. The first-order valence-electron chi connectivity index (χ1n) is 8.28. The average Bonchev–Trinajstić information content (AvgIpc) is 3.10. The molecule has 3 aromatic rings. The summed E-state index contributed by atoms with van der Waals surface area (Å²) >= 11 is 0. The van der Waals surface area contributed by atoms with Crippen molar-refractivity contribution in [3.05, 3.63) is 60.6 Å². The third kappa shape index (κ3) is 2.82. The van der Waals surface area contributed by atoms with Gasteiger partial charge in [0.15, 0.2) is 0 Å². The number of nitrogens with one attached hydrogen (secondary N) is 1. The van der Waals surface area contributed by atoms with E-state index in [0.717, 1.165) is 31.9 Å². The summed E-state index contributed by atoms with van der Waals surface area (Å²) in [5.41, 5.74) is 3.69. The lowest BCUT2D eigenvalue weighted by Crippen LogP contribution is -2.47. The highest BCUT2D eigenvalue weighted by molar-refractivity contribution is 5.83. The predicted octanol–water partition coefficient (Wildman–Crippen LogP) is 3.45. The van der Waals surface area contributed by atoms with Crippen LogP contribution < -0.4 is 4.90 Å². The highest BCUT2D eigenvalue weighted by Crippen LogP contribution is 2.25. The molecule has 118 valence electrons. The van der Waals surface area contributed by atoms with E-state index in [1.807, 2.05) is 18.5 Å². The van der Waals surface area contributed by atoms with Crippen LogP contribution >= 0.6 is 0 Å². The molecule has 1 aliphatic rings. The number of hydrogen-bond donors (Lipinski definition) is 1. The third-order valence-electron chi connectivity index (χ3n) is 4.88. The Kier molecular flexibility index (Phi) is 3.75. The predicted molar refractivity (Wildman–Crippen MR) is 94.7 cm³/mol. The van der Waals surface area contributed by atoms with Gasteiger partial charge in [-0.15, -0.1) is 0 Å². The fraction of sp³-hybridized carbons (Fsp3) is 0.316. The summed E-state index contributed by atoms with van der Waals surface area (Å²) in [4.78, 5) is 12.8. The van der Waals surface area contributed by atoms with Gasteiger partial charge in [0.1, 0.15) is 0 Å². The first-order chi connectivity index (χ1) is 11.3. The van der Waals surface area contributed by atoms with E-state index >= 15 is 0 Å². The SMILES string of the molecule is CC(c1ccccn1)N1CCN(c2ccc3[nH]ccc3c2)CC1. The molecule has 0 bridgehead atoms. The van der Waals surface area contributed by atoms with Crippen LogP contribution in [0.1, 0.15) is 18.7 Å². The zero-order valence-corrected chi connectivity index (χ0v) is 13.4. The van der Waals surface area contributed by atoms with Gasteiger partial charge in [-0.05, 0) is 43.3 Å². The van der Waals surface area contributed by atoms with Crippen LogP contribution in [0.15, 0.2) is 54.9 Å². The summed E-state index contributed by atoms with van der Waals surface area (Å²) < 4.78 is 0. The van der Waals surface area contributed by atoms with Crippen molar-refractivity contribution in [2.45, 2.75) is 13.0 Å². The number of hydrogen-bond acceptors (Lipinski definition) is 3. The van der Waals surface area contributed by atoms with Crippen LogP contribution in [0.3, 0.4) is 0 Å². The van der Waals surface area contributed by atoms with Crippen molar-refractivity contribution in [2.24, 2.45) is 0 Å². The maximum Gasteiger partial charge on any atom is 0.0572 e. The van der Waals surface area contributed by atoms with Gasteiger partial charge in [-0.1, -0.05) is 6.07 Å². The Balaban J connectivity index is 1.44. The number of rotatable bonds is 3. The molecule has 1 N–H and O–H groups in total. The molecule has 4 rings (SSSR count). The molecule has 1 aromatic carbocycles. The van der Waals surface area contributed by atoms with E-state index in [2.05, 4.69) is 63.1 Å². The Labute approximate surface area is 136 Å². The third-order valence-corrected chi connectivity index (χ3v) is 4.88. The molecular weight excluding hydrogens is 284 g/mol. The van der Waals surface area contributed by atoms with Crippen molar-refractivity contribution in [3.8, 4) is 0 Å². The highest BCUT2D eigenvalue weighted by atomic mass is 15.3. The fourth-order valence-electron chi connectivity index (χ4n) is 3.41. The van der Waals surface area contributed by atoms with Gasteiger partial charge >= 0.3 is 0 Å². The molecule has 1 fully saturated rings. The number of fused-ring (bicyclic) bond motifs is 1. The number of benzene rings is 1. The van der Waals surface area contributed by atoms with Crippen molar-refractivity contribution in [1.29, 1.82) is 0 Å². The Hall–Kier alpha value is -2.33. The Morgan fingerprint density at radius 1 is 1.04 bits per heavy atom. The maximum atomic E-state index is 4.50. The van der Waals surface area contributed by atoms with Gasteiger partial charge < -0.3 is 9.88 Å². The summed E-state index contributed by atoms with van der Waals surface area (Å²) in [6.07, 6.45) is 3.88. The van der Waals surface area contributed by atoms with E-state index in [1.165, 1.54) is 16.6 Å². The molecule has 1 atom stereocenters. The molecule has 4 nitrogen and oxygen atoms in total. The standard InChI is InChI=1S/C19H22N4/c1-15(18-4-2-3-8-20-18)22-10-12-23(13-11-22)17-5-6-19-16(14-17)7-9-21-19/h2-9,14-15,21H,10-13H2,1H3. The van der Waals surface area contributed by atoms with Crippen LogP contribution in [0.2, 0.25) is 0 Å². The first kappa shape index (κ1) is 14.3. The monoisotopic (exact) mass is 306 g/mol. The van der Waals surface area contributed by atoms with E-state index < -0.39 is 0 Å². The topological polar surface area (TPSA) is 35.2 Å². The number of pyridine rings is 1. The Bertz CT molecular complexity index is 772. The smallest absolute Gasteiger partial charge is 0.0572 e. The maximum absolute atomic E-state index is 4.50. The largest absolute Gasteiger partial charge is 0.369 e. The second-order valence-electron chi connectivity index (χ2n) is 6.20. The quantitative estimate of drug-likeness (QED) is 0.805. The molecule has 0 radical (unpaired) electrons. The van der Waals surface area contributed by atoms with Gasteiger partial charge in [-0.2, -0.15) is 0 Å². The van der Waals surface area contributed by atoms with E-state index in [0.29, 0.717) is 6.04 Å². The van der Waals surface area contributed by atoms with Gasteiger partial charge in [0.05, 0.1) is 5.69 Å². The molecule has 1 unspecified atom stereocenters. The second-order valence-corrected chi connectivity index (χ2v) is 6.20. The van der Waals surface area contributed by atoms with Gasteiger partial charge in [-0.25, -0.2) is 0 Å². The molecule has 0 aliphatic carbocycles. The molecular formula is C19H22N4. The molecule has 2 aromatic heterocycles. The number of aromatic nitrogens is 2. The normalized spacial score (nSPS) is 17.5. The first-order valence-corrected chi connectivity index (χ1v) is 8.28. The van der Waals surface area contributed by atoms with Crippen LogP contribution in [0.5, 0.6) is 0 Å². The van der Waals surface area contributed by atoms with Crippen LogP contribution in [0, 0.1) is 0 Å². The van der Waals surface area contributed by atoms with Crippen molar-refractivity contribution in [3.63, 3.8) is 0 Å². The molecule has 1 aliphatic heterocycles. The van der Waals surface area contributed by atoms with Crippen LogP contribution in [0.25, 0.3) is 10.9 Å². The summed E-state index contributed by atoms with van der Waals surface area (Å²) in [5, 5.41) is 1.28. The van der Waals surface area contributed by atoms with Crippen molar-refractivity contribution >= 4 is 16.6 Å². The molecule has 0 amide bonds. The fourth-order valence-corrected chi connectivity index (χ4v) is 3.41. The minimum absolute atomic E-state index is 0.380. The van der Waals surface area contributed by atoms with Crippen LogP contribution in [0.4, 0.5) is 5.69 Å². The number of nitrogens with zero attached hydrogens (tertiary/aromatic N) is 3. The number of piperazine rings is 1. The summed E-state index contributed by atoms with van der Waals surface area (Å²) in [7, 11) is 0. The van der Waals surface area contributed by atoms with Crippen LogP contribution in [-0.4, -0.2) is 41.0 Å². The Morgan fingerprint density at radius 3 is 2.70 bits per heavy atom. The van der Waals surface area contributed by atoms with Gasteiger partial charge in [0, 0.05) is 61.2 Å². The van der Waals surface area contributed by atoms with Gasteiger partial charge in [0.25, 0.3) is 0 Å². The van der Waals surface area contributed by atoms with Gasteiger partial charge in [0.2, 0.25) is 0 Å². The number of H-pyrrole nitrogens is 1. The highest BCUT2D eigenvalue weighted by Gasteiger charge is 2.22. The van der Waals surface area contributed by atoms with Crippen molar-refractivity contribution in [2.75, 3.05) is 31.1 Å². The number of aromatic amines is 1. The van der Waals surface area contributed by atoms with E-state index in [9.17, 15) is 0 Å². The molecule has 23 heavy (non-hydrogen) atoms. The lowest BCUT2D eigenvalue weighted by molar-refractivity contribution is 0.195. The lowest BCUT2D eigenvalue weighted by Gasteiger charge is -2.39. The molecule has 4 heteroatoms. The van der Waals surface area contributed by atoms with E-state index in [4.69, 9.17) is 0 Å². The molecule has 0 spiro atoms. The van der Waals surface area contributed by atoms with E-state index in [1.54, 1.807) is 0 Å². The van der Waals surface area contributed by atoms with E-state index in [-0.39, 0.29) is 0 Å². The summed E-state index contributed by atoms with van der Waals surface area (Å²) in [6, 6.07) is 15.4. The molecule has 1 saturated heterocycles. The average molecular weight is 306 g/mol.